The first-order valence-corrected chi connectivity index (χ1v) is 11.9. The quantitative estimate of drug-likeness (QED) is 0.536. The number of rotatable bonds is 6. The smallest absolute Gasteiger partial charge is 0.310 e. The lowest BCUT2D eigenvalue weighted by Gasteiger charge is -2.21. The predicted molar refractivity (Wildman–Crippen MR) is 95.0 cm³/mol. The van der Waals surface area contributed by atoms with E-state index < -0.39 is 27.7 Å². The second-order valence-corrected chi connectivity index (χ2v) is 10.3. The van der Waals surface area contributed by atoms with Gasteiger partial charge in [0.15, 0.2) is 0 Å². The van der Waals surface area contributed by atoms with Gasteiger partial charge in [-0.15, -0.1) is 0 Å². The van der Waals surface area contributed by atoms with Gasteiger partial charge in [-0.2, -0.15) is 16.8 Å². The standard InChI is InChI=1S/C14H16NO8PS2/c1-15-24(2,22-11-3-7-13(8-4-11)25(16,17)18)23-12-5-9-14(10-6-12)26(19,20)21/h3-10H,1-2H3,(H,16,17,18)(H,19,20,21). The molecule has 0 aliphatic rings. The molecule has 0 bridgehead atoms. The molecule has 0 amide bonds. The van der Waals surface area contributed by atoms with E-state index in [-0.39, 0.29) is 21.3 Å². The van der Waals surface area contributed by atoms with Crippen LogP contribution in [0.5, 0.6) is 11.5 Å². The van der Waals surface area contributed by atoms with Crippen LogP contribution in [-0.4, -0.2) is 39.7 Å². The highest BCUT2D eigenvalue weighted by atomic mass is 32.2. The largest absolute Gasteiger partial charge is 0.430 e. The molecule has 0 radical (unpaired) electrons. The fourth-order valence-corrected chi connectivity index (χ4v) is 4.02. The van der Waals surface area contributed by atoms with E-state index in [4.69, 9.17) is 18.2 Å². The Morgan fingerprint density at radius 3 is 1.31 bits per heavy atom. The first-order chi connectivity index (χ1) is 11.9. The van der Waals surface area contributed by atoms with Crippen LogP contribution in [0.4, 0.5) is 0 Å². The van der Waals surface area contributed by atoms with E-state index in [1.165, 1.54) is 55.6 Å². The number of nitrogens with zero attached hydrogens (tertiary/aromatic N) is 1. The monoisotopic (exact) mass is 421 g/mol. The van der Waals surface area contributed by atoms with Crippen molar-refractivity contribution in [1.29, 1.82) is 0 Å². The highest BCUT2D eigenvalue weighted by Crippen LogP contribution is 2.48. The molecular formula is C14H16NO8PS2. The third kappa shape index (κ3) is 5.29. The molecule has 0 saturated carbocycles. The fraction of sp³-hybridized carbons (Fsp3) is 0.143. The van der Waals surface area contributed by atoms with Crippen molar-refractivity contribution in [3.05, 3.63) is 48.5 Å². The summed E-state index contributed by atoms with van der Waals surface area (Å²) < 4.78 is 77.6. The molecule has 26 heavy (non-hydrogen) atoms. The van der Waals surface area contributed by atoms with Crippen LogP contribution in [0.25, 0.3) is 0 Å². The van der Waals surface area contributed by atoms with E-state index >= 15 is 0 Å². The number of hydrogen-bond acceptors (Lipinski definition) is 7. The molecule has 0 aliphatic heterocycles. The lowest BCUT2D eigenvalue weighted by atomic mass is 10.3. The molecule has 0 saturated heterocycles. The van der Waals surface area contributed by atoms with E-state index in [2.05, 4.69) is 4.74 Å². The molecule has 0 fully saturated rings. The average molecular weight is 421 g/mol. The normalized spacial score (nSPS) is 12.5. The lowest BCUT2D eigenvalue weighted by molar-refractivity contribution is 0.478. The maximum absolute atomic E-state index is 11.0. The molecule has 2 aromatic carbocycles. The Morgan fingerprint density at radius 1 is 0.769 bits per heavy atom. The summed E-state index contributed by atoms with van der Waals surface area (Å²) in [5.41, 5.74) is 0. The topological polar surface area (TPSA) is 140 Å². The minimum Gasteiger partial charge on any atom is -0.430 e. The van der Waals surface area contributed by atoms with Gasteiger partial charge in [0, 0.05) is 13.7 Å². The minimum absolute atomic E-state index is 0.272. The van der Waals surface area contributed by atoms with Gasteiger partial charge in [-0.05, 0) is 48.5 Å². The Hall–Kier alpha value is -1.91. The Kier molecular flexibility index (Phi) is 5.79. The molecular weight excluding hydrogens is 405 g/mol. The maximum Gasteiger partial charge on any atom is 0.310 e. The summed E-state index contributed by atoms with van der Waals surface area (Å²) in [6, 6.07) is 10.1. The van der Waals surface area contributed by atoms with Crippen LogP contribution in [-0.2, 0) is 20.2 Å². The number of benzene rings is 2. The summed E-state index contributed by atoms with van der Waals surface area (Å²) in [6.07, 6.45) is 0. The first kappa shape index (κ1) is 20.4. The van der Waals surface area contributed by atoms with Crippen molar-refractivity contribution in [2.45, 2.75) is 9.79 Å². The van der Waals surface area contributed by atoms with Crippen molar-refractivity contribution in [2.24, 2.45) is 4.74 Å². The van der Waals surface area contributed by atoms with Crippen LogP contribution in [0.2, 0.25) is 0 Å². The van der Waals surface area contributed by atoms with Crippen LogP contribution in [0.1, 0.15) is 0 Å². The van der Waals surface area contributed by atoms with Gasteiger partial charge in [0.05, 0.1) is 9.79 Å². The Morgan fingerprint density at radius 2 is 1.08 bits per heavy atom. The van der Waals surface area contributed by atoms with Crippen LogP contribution >= 0.6 is 7.51 Å². The first-order valence-electron chi connectivity index (χ1n) is 6.95. The van der Waals surface area contributed by atoms with Gasteiger partial charge in [-0.25, -0.2) is 4.74 Å². The van der Waals surface area contributed by atoms with E-state index in [1.54, 1.807) is 6.66 Å². The SMILES string of the molecule is CN=P(C)(Oc1ccc(S(=O)(=O)O)cc1)Oc1ccc(S(=O)(=O)O)cc1. The second kappa shape index (κ2) is 7.37. The fourth-order valence-electron chi connectivity index (χ4n) is 1.84. The zero-order valence-corrected chi connectivity index (χ0v) is 16.2. The molecule has 0 atom stereocenters. The zero-order valence-electron chi connectivity index (χ0n) is 13.7. The number of hydrogen-bond donors (Lipinski definition) is 2. The zero-order chi connectivity index (χ0) is 19.6. The van der Waals surface area contributed by atoms with E-state index in [9.17, 15) is 16.8 Å². The molecule has 0 aromatic heterocycles. The summed E-state index contributed by atoms with van der Waals surface area (Å²) in [5, 5.41) is 0. The average Bonchev–Trinajstić information content (AvgIpc) is 2.54. The van der Waals surface area contributed by atoms with Gasteiger partial charge in [-0.3, -0.25) is 9.11 Å². The van der Waals surface area contributed by atoms with Gasteiger partial charge in [0.1, 0.15) is 11.5 Å². The Labute approximate surface area is 151 Å². The highest BCUT2D eigenvalue weighted by molar-refractivity contribution is 7.86. The molecule has 9 nitrogen and oxygen atoms in total. The van der Waals surface area contributed by atoms with E-state index in [0.717, 1.165) is 0 Å². The van der Waals surface area contributed by atoms with Crippen LogP contribution < -0.4 is 9.05 Å². The van der Waals surface area contributed by atoms with Gasteiger partial charge in [0.25, 0.3) is 20.2 Å². The van der Waals surface area contributed by atoms with Crippen molar-refractivity contribution in [1.82, 2.24) is 0 Å². The van der Waals surface area contributed by atoms with Crippen molar-refractivity contribution < 1.29 is 35.0 Å². The molecule has 2 rings (SSSR count). The second-order valence-electron chi connectivity index (χ2n) is 5.08. The third-order valence-electron chi connectivity index (χ3n) is 3.16. The summed E-state index contributed by atoms with van der Waals surface area (Å²) in [5.74, 6) is 0.543. The van der Waals surface area contributed by atoms with Gasteiger partial charge >= 0.3 is 7.51 Å². The Bertz CT molecular complexity index is 964. The maximum atomic E-state index is 11.0. The van der Waals surface area contributed by atoms with Crippen LogP contribution in [0.3, 0.4) is 0 Å². The van der Waals surface area contributed by atoms with Crippen molar-refractivity contribution in [3.63, 3.8) is 0 Å². The van der Waals surface area contributed by atoms with Crippen LogP contribution in [0.15, 0.2) is 63.1 Å². The van der Waals surface area contributed by atoms with Gasteiger partial charge in [-0.1, -0.05) is 0 Å². The summed E-state index contributed by atoms with van der Waals surface area (Å²) in [7, 11) is -9.93. The summed E-state index contributed by atoms with van der Waals surface area (Å²) in [4.78, 5) is -0.555. The molecule has 0 aliphatic carbocycles. The van der Waals surface area contributed by atoms with Crippen molar-refractivity contribution in [2.75, 3.05) is 13.7 Å². The third-order valence-corrected chi connectivity index (χ3v) is 6.72. The molecule has 142 valence electrons. The van der Waals surface area contributed by atoms with Crippen molar-refractivity contribution >= 4 is 27.7 Å². The van der Waals surface area contributed by atoms with Crippen molar-refractivity contribution in [3.8, 4) is 11.5 Å². The Balaban J connectivity index is 2.21. The minimum atomic E-state index is -4.30. The van der Waals surface area contributed by atoms with E-state index in [0.29, 0.717) is 0 Å². The molecule has 0 spiro atoms. The highest BCUT2D eigenvalue weighted by Gasteiger charge is 2.19. The molecule has 0 unspecified atom stereocenters. The molecule has 0 heterocycles. The summed E-state index contributed by atoms with van der Waals surface area (Å²) in [6.45, 7) is 1.60. The van der Waals surface area contributed by atoms with Gasteiger partial charge < -0.3 is 9.05 Å². The molecule has 2 N–H and O–H groups in total. The molecule has 12 heteroatoms. The van der Waals surface area contributed by atoms with E-state index in [1.807, 2.05) is 0 Å². The summed E-state index contributed by atoms with van der Waals surface area (Å²) >= 11 is 0. The van der Waals surface area contributed by atoms with Crippen LogP contribution in [0, 0.1) is 0 Å². The lowest BCUT2D eigenvalue weighted by Crippen LogP contribution is -2.02. The molecule has 2 aromatic rings. The predicted octanol–water partition coefficient (Wildman–Crippen LogP) is 2.93. The van der Waals surface area contributed by atoms with Gasteiger partial charge in [0.2, 0.25) is 0 Å².